The Kier molecular flexibility index (Phi) is 5.24. The van der Waals surface area contributed by atoms with Crippen LogP contribution in [0.2, 0.25) is 0 Å². The summed E-state index contributed by atoms with van der Waals surface area (Å²) < 4.78 is 24.1. The number of nitrogens with zero attached hydrogens (tertiary/aromatic N) is 4. The number of aromatic nitrogens is 3. The van der Waals surface area contributed by atoms with E-state index in [9.17, 15) is 8.42 Å². The van der Waals surface area contributed by atoms with Crippen LogP contribution in [0.25, 0.3) is 0 Å². The summed E-state index contributed by atoms with van der Waals surface area (Å²) in [6, 6.07) is 0. The molecule has 0 aliphatic heterocycles. The summed E-state index contributed by atoms with van der Waals surface area (Å²) in [7, 11) is 2.18. The summed E-state index contributed by atoms with van der Waals surface area (Å²) in [5, 5.41) is 5.77. The number of hydrogen-bond acceptors (Lipinski definition) is 8. The van der Waals surface area contributed by atoms with Gasteiger partial charge in [0.2, 0.25) is 27.9 Å². The van der Waals surface area contributed by atoms with Gasteiger partial charge in [0.15, 0.2) is 0 Å². The molecule has 0 unspecified atom stereocenters. The molecule has 0 spiro atoms. The molecule has 0 saturated carbocycles. The molecule has 10 heteroatoms. The van der Waals surface area contributed by atoms with Crippen LogP contribution in [-0.2, 0) is 10.0 Å². The van der Waals surface area contributed by atoms with Gasteiger partial charge in [-0.1, -0.05) is 0 Å². The normalized spacial score (nSPS) is 11.2. The van der Waals surface area contributed by atoms with Gasteiger partial charge in [-0.3, -0.25) is 0 Å². The van der Waals surface area contributed by atoms with E-state index in [0.717, 1.165) is 6.26 Å². The van der Waals surface area contributed by atoms with Gasteiger partial charge in [-0.2, -0.15) is 15.0 Å². The molecular weight excluding hydrogens is 270 g/mol. The Morgan fingerprint density at radius 2 is 1.74 bits per heavy atom. The zero-order chi connectivity index (χ0) is 14.5. The maximum atomic E-state index is 10.9. The summed E-state index contributed by atoms with van der Waals surface area (Å²) in [6.45, 7) is 0.643. The lowest BCUT2D eigenvalue weighted by Crippen LogP contribution is -2.28. The standard InChI is InChI=1S/C9H19N7O2S/c1-10-7-13-8(15-9(14-7)16(2)3)11-5-6-12-19(4,17)18/h12H,5-6H2,1-4H3,(H2,10,11,13,14,15). The van der Waals surface area contributed by atoms with Crippen LogP contribution in [0.15, 0.2) is 0 Å². The fourth-order valence-electron chi connectivity index (χ4n) is 1.17. The van der Waals surface area contributed by atoms with Crippen LogP contribution in [-0.4, -0.2) is 63.9 Å². The smallest absolute Gasteiger partial charge is 0.231 e. The van der Waals surface area contributed by atoms with E-state index in [-0.39, 0.29) is 6.54 Å². The quantitative estimate of drug-likeness (QED) is 0.545. The van der Waals surface area contributed by atoms with Crippen molar-refractivity contribution in [3.8, 4) is 0 Å². The molecule has 1 aromatic heterocycles. The van der Waals surface area contributed by atoms with Crippen molar-refractivity contribution in [3.63, 3.8) is 0 Å². The summed E-state index contributed by atoms with van der Waals surface area (Å²) in [4.78, 5) is 14.2. The first-order valence-corrected chi connectivity index (χ1v) is 7.50. The van der Waals surface area contributed by atoms with Gasteiger partial charge in [0.1, 0.15) is 0 Å². The second kappa shape index (κ2) is 6.48. The van der Waals surface area contributed by atoms with Crippen LogP contribution in [0.1, 0.15) is 0 Å². The van der Waals surface area contributed by atoms with Gasteiger partial charge in [-0.15, -0.1) is 0 Å². The predicted molar refractivity (Wildman–Crippen MR) is 75.0 cm³/mol. The van der Waals surface area contributed by atoms with Gasteiger partial charge in [0.05, 0.1) is 6.26 Å². The molecule has 9 nitrogen and oxygen atoms in total. The van der Waals surface area contributed by atoms with Crippen molar-refractivity contribution in [2.45, 2.75) is 0 Å². The summed E-state index contributed by atoms with van der Waals surface area (Å²) in [5.74, 6) is 1.34. The zero-order valence-electron chi connectivity index (χ0n) is 11.4. The summed E-state index contributed by atoms with van der Waals surface area (Å²) in [5.41, 5.74) is 0. The third-order valence-electron chi connectivity index (χ3n) is 2.02. The SMILES string of the molecule is CNc1nc(NCCNS(C)(=O)=O)nc(N(C)C)n1. The van der Waals surface area contributed by atoms with Crippen molar-refractivity contribution >= 4 is 27.9 Å². The summed E-state index contributed by atoms with van der Waals surface area (Å²) >= 11 is 0. The van der Waals surface area contributed by atoms with E-state index in [1.165, 1.54) is 0 Å². The molecule has 0 atom stereocenters. The van der Waals surface area contributed by atoms with Gasteiger partial charge < -0.3 is 15.5 Å². The minimum atomic E-state index is -3.18. The topological polar surface area (TPSA) is 112 Å². The fraction of sp³-hybridized carbons (Fsp3) is 0.667. The highest BCUT2D eigenvalue weighted by atomic mass is 32.2. The summed E-state index contributed by atoms with van der Waals surface area (Å²) in [6.07, 6.45) is 1.11. The third-order valence-corrected chi connectivity index (χ3v) is 2.75. The van der Waals surface area contributed by atoms with Gasteiger partial charge in [0.25, 0.3) is 0 Å². The maximum absolute atomic E-state index is 10.9. The second-order valence-corrected chi connectivity index (χ2v) is 5.85. The van der Waals surface area contributed by atoms with Crippen LogP contribution in [0, 0.1) is 0 Å². The van der Waals surface area contributed by atoms with Crippen molar-refractivity contribution in [3.05, 3.63) is 0 Å². The molecule has 0 aromatic carbocycles. The molecule has 1 heterocycles. The lowest BCUT2D eigenvalue weighted by Gasteiger charge is -2.13. The Bertz CT molecular complexity index is 517. The molecule has 0 fully saturated rings. The molecule has 0 amide bonds. The monoisotopic (exact) mass is 289 g/mol. The minimum absolute atomic E-state index is 0.261. The molecule has 3 N–H and O–H groups in total. The van der Waals surface area contributed by atoms with Crippen molar-refractivity contribution < 1.29 is 8.42 Å². The van der Waals surface area contributed by atoms with E-state index in [2.05, 4.69) is 30.3 Å². The number of hydrogen-bond donors (Lipinski definition) is 3. The van der Waals surface area contributed by atoms with Gasteiger partial charge in [-0.25, -0.2) is 13.1 Å². The molecule has 19 heavy (non-hydrogen) atoms. The first kappa shape index (κ1) is 15.4. The Labute approximate surface area is 112 Å². The van der Waals surface area contributed by atoms with Crippen LogP contribution >= 0.6 is 0 Å². The average molecular weight is 289 g/mol. The van der Waals surface area contributed by atoms with Crippen LogP contribution in [0.5, 0.6) is 0 Å². The highest BCUT2D eigenvalue weighted by Gasteiger charge is 2.07. The van der Waals surface area contributed by atoms with E-state index in [4.69, 9.17) is 0 Å². The van der Waals surface area contributed by atoms with Gasteiger partial charge in [0, 0.05) is 34.2 Å². The molecule has 108 valence electrons. The van der Waals surface area contributed by atoms with E-state index >= 15 is 0 Å². The Morgan fingerprint density at radius 1 is 1.11 bits per heavy atom. The first-order valence-electron chi connectivity index (χ1n) is 5.61. The molecule has 0 radical (unpaired) electrons. The number of sulfonamides is 1. The van der Waals surface area contributed by atoms with Gasteiger partial charge >= 0.3 is 0 Å². The number of nitrogens with one attached hydrogen (secondary N) is 3. The highest BCUT2D eigenvalue weighted by Crippen LogP contribution is 2.10. The van der Waals surface area contributed by atoms with Crippen LogP contribution in [0.4, 0.5) is 17.8 Å². The van der Waals surface area contributed by atoms with Crippen molar-refractivity contribution in [1.29, 1.82) is 0 Å². The Balaban J connectivity index is 2.65. The molecule has 1 aromatic rings. The zero-order valence-corrected chi connectivity index (χ0v) is 12.2. The molecule has 1 rings (SSSR count). The molecule has 0 saturated heterocycles. The molecular formula is C9H19N7O2S. The molecule has 0 aliphatic carbocycles. The number of anilines is 3. The average Bonchev–Trinajstić information content (AvgIpc) is 2.33. The van der Waals surface area contributed by atoms with Crippen molar-refractivity contribution in [1.82, 2.24) is 19.7 Å². The fourth-order valence-corrected chi connectivity index (χ4v) is 1.64. The van der Waals surface area contributed by atoms with Gasteiger partial charge in [-0.05, 0) is 0 Å². The lowest BCUT2D eigenvalue weighted by atomic mass is 10.6. The predicted octanol–water partition coefficient (Wildman–Crippen LogP) is -1.06. The Hall–Kier alpha value is -1.68. The van der Waals surface area contributed by atoms with Crippen molar-refractivity contribution in [2.24, 2.45) is 0 Å². The van der Waals surface area contributed by atoms with Crippen molar-refractivity contribution in [2.75, 3.05) is 56.0 Å². The van der Waals surface area contributed by atoms with Crippen LogP contribution in [0.3, 0.4) is 0 Å². The lowest BCUT2D eigenvalue weighted by molar-refractivity contribution is 0.589. The third kappa shape index (κ3) is 5.66. The highest BCUT2D eigenvalue weighted by molar-refractivity contribution is 7.88. The number of rotatable bonds is 7. The van der Waals surface area contributed by atoms with E-state index in [1.54, 1.807) is 11.9 Å². The largest absolute Gasteiger partial charge is 0.357 e. The minimum Gasteiger partial charge on any atom is -0.357 e. The molecule has 0 bridgehead atoms. The second-order valence-electron chi connectivity index (χ2n) is 4.02. The van der Waals surface area contributed by atoms with E-state index in [1.807, 2.05) is 14.1 Å². The Morgan fingerprint density at radius 3 is 2.26 bits per heavy atom. The van der Waals surface area contributed by atoms with Crippen LogP contribution < -0.4 is 20.3 Å². The molecule has 0 aliphatic rings. The van der Waals surface area contributed by atoms with E-state index in [0.29, 0.717) is 24.4 Å². The van der Waals surface area contributed by atoms with E-state index < -0.39 is 10.0 Å². The first-order chi connectivity index (χ1) is 8.81. The maximum Gasteiger partial charge on any atom is 0.231 e.